The van der Waals surface area contributed by atoms with E-state index in [9.17, 15) is 0 Å². The van der Waals surface area contributed by atoms with E-state index in [1.54, 1.807) is 11.3 Å². The molecule has 1 saturated carbocycles. The van der Waals surface area contributed by atoms with E-state index >= 15 is 0 Å². The Balaban J connectivity index is 1.72. The maximum atomic E-state index is 4.66. The third-order valence-corrected chi connectivity index (χ3v) is 5.19. The minimum Gasteiger partial charge on any atom is -0.359 e. The number of benzene rings is 1. The van der Waals surface area contributed by atoms with Crippen LogP contribution in [0.2, 0.25) is 0 Å². The van der Waals surface area contributed by atoms with Crippen molar-refractivity contribution in [3.8, 4) is 0 Å². The van der Waals surface area contributed by atoms with Crippen LogP contribution in [0.5, 0.6) is 0 Å². The highest BCUT2D eigenvalue weighted by Gasteiger charge is 2.24. The molecule has 18 heavy (non-hydrogen) atoms. The zero-order chi connectivity index (χ0) is 12.5. The average molecular weight is 260 g/mol. The molecule has 3 atom stereocenters. The monoisotopic (exact) mass is 260 g/mol. The molecule has 3 unspecified atom stereocenters. The van der Waals surface area contributed by atoms with Crippen LogP contribution >= 0.6 is 11.3 Å². The Bertz CT molecular complexity index is 501. The molecular weight excluding hydrogens is 240 g/mol. The molecule has 1 aromatic carbocycles. The van der Waals surface area contributed by atoms with Crippen LogP contribution in [0.4, 0.5) is 5.13 Å². The molecule has 1 aliphatic rings. The molecule has 2 aromatic rings. The maximum absolute atomic E-state index is 4.66. The van der Waals surface area contributed by atoms with Gasteiger partial charge in [0.05, 0.1) is 10.2 Å². The van der Waals surface area contributed by atoms with Gasteiger partial charge in [0.2, 0.25) is 0 Å². The topological polar surface area (TPSA) is 24.9 Å². The molecule has 0 spiro atoms. The first-order valence-electron chi connectivity index (χ1n) is 6.84. The fourth-order valence-electron chi connectivity index (χ4n) is 2.79. The summed E-state index contributed by atoms with van der Waals surface area (Å²) in [5.74, 6) is 1.70. The number of para-hydroxylation sites is 1. The fraction of sp³-hybridized carbons (Fsp3) is 0.533. The molecule has 1 heterocycles. The van der Waals surface area contributed by atoms with Crippen molar-refractivity contribution in [3.05, 3.63) is 24.3 Å². The summed E-state index contributed by atoms with van der Waals surface area (Å²) in [6, 6.07) is 8.97. The molecular formula is C15H20N2S. The van der Waals surface area contributed by atoms with E-state index in [-0.39, 0.29) is 0 Å². The summed E-state index contributed by atoms with van der Waals surface area (Å²) in [5, 5.41) is 4.71. The van der Waals surface area contributed by atoms with Crippen molar-refractivity contribution in [1.82, 2.24) is 4.98 Å². The number of anilines is 1. The minimum absolute atomic E-state index is 0.608. The van der Waals surface area contributed by atoms with Crippen molar-refractivity contribution < 1.29 is 0 Å². The van der Waals surface area contributed by atoms with E-state index in [2.05, 4.69) is 48.4 Å². The maximum Gasteiger partial charge on any atom is 0.184 e. The molecule has 1 aliphatic carbocycles. The second-order valence-electron chi connectivity index (χ2n) is 5.60. The van der Waals surface area contributed by atoms with Crippen molar-refractivity contribution in [2.24, 2.45) is 11.8 Å². The molecule has 0 amide bonds. The molecule has 0 radical (unpaired) electrons. The number of fused-ring (bicyclic) bond motifs is 1. The molecule has 0 saturated heterocycles. The Labute approximate surface area is 112 Å². The van der Waals surface area contributed by atoms with Crippen LogP contribution < -0.4 is 5.32 Å². The average Bonchev–Trinajstić information content (AvgIpc) is 2.76. The van der Waals surface area contributed by atoms with Gasteiger partial charge in [0.25, 0.3) is 0 Å². The second kappa shape index (κ2) is 4.88. The highest BCUT2D eigenvalue weighted by Crippen LogP contribution is 2.33. The second-order valence-corrected chi connectivity index (χ2v) is 6.63. The summed E-state index contributed by atoms with van der Waals surface area (Å²) < 4.78 is 1.28. The first-order chi connectivity index (χ1) is 8.72. The third-order valence-electron chi connectivity index (χ3n) is 4.22. The SMILES string of the molecule is CC1CCC(Nc2nc3ccccc3s2)CC1C. The largest absolute Gasteiger partial charge is 0.359 e. The van der Waals surface area contributed by atoms with Crippen molar-refractivity contribution in [2.75, 3.05) is 5.32 Å². The number of hydrogen-bond donors (Lipinski definition) is 1. The number of nitrogens with one attached hydrogen (secondary N) is 1. The lowest BCUT2D eigenvalue weighted by Crippen LogP contribution is -2.30. The van der Waals surface area contributed by atoms with Gasteiger partial charge in [-0.2, -0.15) is 0 Å². The minimum atomic E-state index is 0.608. The highest BCUT2D eigenvalue weighted by atomic mass is 32.1. The van der Waals surface area contributed by atoms with Crippen LogP contribution in [0.3, 0.4) is 0 Å². The first kappa shape index (κ1) is 12.0. The normalized spacial score (nSPS) is 28.4. The summed E-state index contributed by atoms with van der Waals surface area (Å²) >= 11 is 1.77. The van der Waals surface area contributed by atoms with E-state index in [0.717, 1.165) is 22.5 Å². The quantitative estimate of drug-likeness (QED) is 0.858. The van der Waals surface area contributed by atoms with Gasteiger partial charge in [-0.3, -0.25) is 0 Å². The fourth-order valence-corrected chi connectivity index (χ4v) is 3.73. The van der Waals surface area contributed by atoms with Crippen LogP contribution in [-0.4, -0.2) is 11.0 Å². The molecule has 3 rings (SSSR count). The zero-order valence-electron chi connectivity index (χ0n) is 11.0. The van der Waals surface area contributed by atoms with Gasteiger partial charge in [-0.25, -0.2) is 4.98 Å². The number of rotatable bonds is 2. The predicted molar refractivity (Wildman–Crippen MR) is 79.2 cm³/mol. The van der Waals surface area contributed by atoms with Crippen molar-refractivity contribution in [3.63, 3.8) is 0 Å². The van der Waals surface area contributed by atoms with E-state index in [1.807, 2.05) is 0 Å². The van der Waals surface area contributed by atoms with Gasteiger partial charge < -0.3 is 5.32 Å². The van der Waals surface area contributed by atoms with Gasteiger partial charge in [0.15, 0.2) is 5.13 Å². The smallest absolute Gasteiger partial charge is 0.184 e. The lowest BCUT2D eigenvalue weighted by Gasteiger charge is -2.32. The molecule has 1 aromatic heterocycles. The highest BCUT2D eigenvalue weighted by molar-refractivity contribution is 7.22. The standard InChI is InChI=1S/C15H20N2S/c1-10-7-8-12(9-11(10)2)16-15-17-13-5-3-4-6-14(13)18-15/h3-6,10-12H,7-9H2,1-2H3,(H,16,17). The van der Waals surface area contributed by atoms with Crippen molar-refractivity contribution in [2.45, 2.75) is 39.2 Å². The number of thiazole rings is 1. The predicted octanol–water partition coefficient (Wildman–Crippen LogP) is 4.53. The molecule has 0 aliphatic heterocycles. The van der Waals surface area contributed by atoms with E-state index in [1.165, 1.54) is 24.0 Å². The Morgan fingerprint density at radius 1 is 1.17 bits per heavy atom. The Hall–Kier alpha value is -1.09. The van der Waals surface area contributed by atoms with Gasteiger partial charge in [-0.05, 0) is 43.2 Å². The zero-order valence-corrected chi connectivity index (χ0v) is 11.8. The first-order valence-corrected chi connectivity index (χ1v) is 7.66. The summed E-state index contributed by atoms with van der Waals surface area (Å²) in [5.41, 5.74) is 1.11. The number of hydrogen-bond acceptors (Lipinski definition) is 3. The molecule has 2 nitrogen and oxygen atoms in total. The van der Waals surface area contributed by atoms with Gasteiger partial charge >= 0.3 is 0 Å². The van der Waals surface area contributed by atoms with E-state index < -0.39 is 0 Å². The molecule has 1 N–H and O–H groups in total. The molecule has 3 heteroatoms. The van der Waals surface area contributed by atoms with Crippen LogP contribution in [-0.2, 0) is 0 Å². The summed E-state index contributed by atoms with van der Waals surface area (Å²) in [7, 11) is 0. The molecule has 96 valence electrons. The summed E-state index contributed by atoms with van der Waals surface area (Å²) in [4.78, 5) is 4.66. The van der Waals surface area contributed by atoms with Gasteiger partial charge in [-0.1, -0.05) is 37.3 Å². The van der Waals surface area contributed by atoms with Crippen molar-refractivity contribution in [1.29, 1.82) is 0 Å². The van der Waals surface area contributed by atoms with Crippen LogP contribution in [0.1, 0.15) is 33.1 Å². The van der Waals surface area contributed by atoms with Crippen LogP contribution in [0, 0.1) is 11.8 Å². The van der Waals surface area contributed by atoms with Crippen molar-refractivity contribution >= 4 is 26.7 Å². The Morgan fingerprint density at radius 2 is 2.00 bits per heavy atom. The summed E-state index contributed by atoms with van der Waals surface area (Å²) in [6.07, 6.45) is 3.89. The van der Waals surface area contributed by atoms with Gasteiger partial charge in [0, 0.05) is 6.04 Å². The lowest BCUT2D eigenvalue weighted by atomic mass is 9.79. The molecule has 0 bridgehead atoms. The lowest BCUT2D eigenvalue weighted by molar-refractivity contribution is 0.261. The Morgan fingerprint density at radius 3 is 2.78 bits per heavy atom. The Kier molecular flexibility index (Phi) is 3.25. The summed E-state index contributed by atoms with van der Waals surface area (Å²) in [6.45, 7) is 4.75. The van der Waals surface area contributed by atoms with Crippen LogP contribution in [0.25, 0.3) is 10.2 Å². The number of aromatic nitrogens is 1. The van der Waals surface area contributed by atoms with E-state index in [0.29, 0.717) is 6.04 Å². The van der Waals surface area contributed by atoms with Gasteiger partial charge in [0.1, 0.15) is 0 Å². The molecule has 1 fully saturated rings. The van der Waals surface area contributed by atoms with Gasteiger partial charge in [-0.15, -0.1) is 0 Å². The van der Waals surface area contributed by atoms with Crippen LogP contribution in [0.15, 0.2) is 24.3 Å². The van der Waals surface area contributed by atoms with E-state index in [4.69, 9.17) is 0 Å². The third kappa shape index (κ3) is 2.37. The number of nitrogens with zero attached hydrogens (tertiary/aromatic N) is 1.